The Morgan fingerprint density at radius 2 is 2.28 bits per heavy atom. The largest absolute Gasteiger partial charge is 0.369 e. The van der Waals surface area contributed by atoms with Crippen molar-refractivity contribution in [1.82, 2.24) is 9.97 Å². The first-order valence-electron chi connectivity index (χ1n) is 5.81. The number of nitrogens with zero attached hydrogens (tertiary/aromatic N) is 3. The molecule has 1 atom stereocenters. The summed E-state index contributed by atoms with van der Waals surface area (Å²) in [5.74, 6) is 0.577. The van der Waals surface area contributed by atoms with E-state index in [4.69, 9.17) is 16.3 Å². The number of carbonyl (C=O) groups is 1. The van der Waals surface area contributed by atoms with Crippen LogP contribution in [-0.4, -0.2) is 41.0 Å². The third-order valence-electron chi connectivity index (χ3n) is 2.80. The molecule has 0 N–H and O–H groups in total. The molecule has 0 aromatic carbocycles. The number of hydrogen-bond donors (Lipinski definition) is 0. The van der Waals surface area contributed by atoms with Crippen LogP contribution in [0.5, 0.6) is 0 Å². The Morgan fingerprint density at radius 1 is 1.56 bits per heavy atom. The molecule has 2 heterocycles. The van der Waals surface area contributed by atoms with Crippen LogP contribution in [0.25, 0.3) is 0 Å². The molecule has 0 aliphatic carbocycles. The fraction of sp³-hybridized carbons (Fsp3) is 0.583. The van der Waals surface area contributed by atoms with Crippen LogP contribution in [0.3, 0.4) is 0 Å². The van der Waals surface area contributed by atoms with E-state index in [0.29, 0.717) is 30.8 Å². The lowest BCUT2D eigenvalue weighted by molar-refractivity contribution is -0.0752. The maximum atomic E-state index is 11.1. The minimum Gasteiger partial charge on any atom is -0.369 e. The SMILES string of the molecule is CC1CN(c2ncnc(Cl)c2C=O)CC(C)(C)O1. The number of anilines is 1. The third-order valence-corrected chi connectivity index (χ3v) is 3.10. The van der Waals surface area contributed by atoms with Crippen molar-refractivity contribution in [1.29, 1.82) is 0 Å². The van der Waals surface area contributed by atoms with Crippen LogP contribution in [0.2, 0.25) is 5.15 Å². The molecule has 1 aliphatic heterocycles. The van der Waals surface area contributed by atoms with E-state index in [0.717, 1.165) is 0 Å². The second-order valence-electron chi connectivity index (χ2n) is 5.09. The van der Waals surface area contributed by atoms with Gasteiger partial charge in [-0.25, -0.2) is 9.97 Å². The summed E-state index contributed by atoms with van der Waals surface area (Å²) in [6, 6.07) is 0. The standard InChI is InChI=1S/C12H16ClN3O2/c1-8-4-16(6-12(2,3)18-8)11-9(5-17)10(13)14-7-15-11/h5,7-8H,4,6H2,1-3H3. The molecule has 1 saturated heterocycles. The summed E-state index contributed by atoms with van der Waals surface area (Å²) >= 11 is 5.92. The average molecular weight is 270 g/mol. The molecule has 2 rings (SSSR count). The van der Waals surface area contributed by atoms with Crippen LogP contribution < -0.4 is 4.90 Å². The first-order chi connectivity index (χ1) is 8.43. The zero-order chi connectivity index (χ0) is 13.3. The lowest BCUT2D eigenvalue weighted by atomic mass is 10.1. The van der Waals surface area contributed by atoms with E-state index in [-0.39, 0.29) is 16.9 Å². The normalized spacial score (nSPS) is 22.9. The predicted octanol–water partition coefficient (Wildman–Crippen LogP) is 1.95. The molecule has 1 unspecified atom stereocenters. The van der Waals surface area contributed by atoms with Gasteiger partial charge >= 0.3 is 0 Å². The highest BCUT2D eigenvalue weighted by molar-refractivity contribution is 6.32. The molecule has 5 nitrogen and oxygen atoms in total. The summed E-state index contributed by atoms with van der Waals surface area (Å²) in [6.45, 7) is 7.36. The van der Waals surface area contributed by atoms with Crippen molar-refractivity contribution in [2.24, 2.45) is 0 Å². The lowest BCUT2D eigenvalue weighted by Crippen LogP contribution is -2.52. The number of morpholine rings is 1. The minimum absolute atomic E-state index is 0.0713. The first kappa shape index (κ1) is 13.2. The van der Waals surface area contributed by atoms with E-state index in [1.54, 1.807) is 0 Å². The van der Waals surface area contributed by atoms with Crippen LogP contribution in [-0.2, 0) is 4.74 Å². The molecule has 1 aliphatic rings. The van der Waals surface area contributed by atoms with E-state index >= 15 is 0 Å². The van der Waals surface area contributed by atoms with Gasteiger partial charge in [0.15, 0.2) is 6.29 Å². The smallest absolute Gasteiger partial charge is 0.156 e. The summed E-state index contributed by atoms with van der Waals surface area (Å²) in [7, 11) is 0. The van der Waals surface area contributed by atoms with Gasteiger partial charge in [0.25, 0.3) is 0 Å². The summed E-state index contributed by atoms with van der Waals surface area (Å²) in [5.41, 5.74) is 0.0546. The molecule has 1 fully saturated rings. The highest BCUT2D eigenvalue weighted by Crippen LogP contribution is 2.28. The Kier molecular flexibility index (Phi) is 3.54. The van der Waals surface area contributed by atoms with E-state index in [9.17, 15) is 4.79 Å². The van der Waals surface area contributed by atoms with E-state index in [1.165, 1.54) is 6.33 Å². The number of carbonyl (C=O) groups excluding carboxylic acids is 1. The number of halogens is 1. The van der Waals surface area contributed by atoms with Gasteiger partial charge in [0.05, 0.1) is 17.3 Å². The summed E-state index contributed by atoms with van der Waals surface area (Å²) in [4.78, 5) is 21.1. The van der Waals surface area contributed by atoms with Crippen LogP contribution in [0.1, 0.15) is 31.1 Å². The van der Waals surface area contributed by atoms with Gasteiger partial charge in [-0.1, -0.05) is 11.6 Å². The molecule has 0 spiro atoms. The average Bonchev–Trinajstić information content (AvgIpc) is 2.25. The monoisotopic (exact) mass is 269 g/mol. The molecule has 0 radical (unpaired) electrons. The summed E-state index contributed by atoms with van der Waals surface area (Å²) in [5, 5.41) is 0.187. The van der Waals surface area contributed by atoms with Gasteiger partial charge in [0.1, 0.15) is 17.3 Å². The quantitative estimate of drug-likeness (QED) is 0.607. The van der Waals surface area contributed by atoms with Crippen molar-refractivity contribution in [3.8, 4) is 0 Å². The second kappa shape index (κ2) is 4.82. The van der Waals surface area contributed by atoms with Crippen molar-refractivity contribution >= 4 is 23.7 Å². The molecule has 6 heteroatoms. The third kappa shape index (κ3) is 2.62. The molecule has 1 aromatic rings. The van der Waals surface area contributed by atoms with Crippen molar-refractivity contribution in [2.45, 2.75) is 32.5 Å². The highest BCUT2D eigenvalue weighted by atomic mass is 35.5. The Hall–Kier alpha value is -1.20. The van der Waals surface area contributed by atoms with E-state index in [2.05, 4.69) is 9.97 Å². The van der Waals surface area contributed by atoms with E-state index < -0.39 is 0 Å². The Balaban J connectivity index is 2.36. The van der Waals surface area contributed by atoms with Gasteiger partial charge in [-0.2, -0.15) is 0 Å². The number of aromatic nitrogens is 2. The zero-order valence-corrected chi connectivity index (χ0v) is 11.4. The Labute approximate surface area is 111 Å². The van der Waals surface area contributed by atoms with Crippen LogP contribution in [0.4, 0.5) is 5.82 Å². The number of ether oxygens (including phenoxy) is 1. The second-order valence-corrected chi connectivity index (χ2v) is 5.45. The van der Waals surface area contributed by atoms with Gasteiger partial charge < -0.3 is 9.64 Å². The molecular weight excluding hydrogens is 254 g/mol. The van der Waals surface area contributed by atoms with E-state index in [1.807, 2.05) is 25.7 Å². The molecule has 0 saturated carbocycles. The lowest BCUT2D eigenvalue weighted by Gasteiger charge is -2.42. The Bertz CT molecular complexity index is 465. The first-order valence-corrected chi connectivity index (χ1v) is 6.19. The van der Waals surface area contributed by atoms with Crippen LogP contribution in [0, 0.1) is 0 Å². The van der Waals surface area contributed by atoms with Gasteiger partial charge in [-0.05, 0) is 20.8 Å². The number of hydrogen-bond acceptors (Lipinski definition) is 5. The maximum Gasteiger partial charge on any atom is 0.156 e. The van der Waals surface area contributed by atoms with Gasteiger partial charge in [-0.15, -0.1) is 0 Å². The van der Waals surface area contributed by atoms with Gasteiger partial charge in [-0.3, -0.25) is 4.79 Å². The predicted molar refractivity (Wildman–Crippen MR) is 69.3 cm³/mol. The highest BCUT2D eigenvalue weighted by Gasteiger charge is 2.33. The van der Waals surface area contributed by atoms with Crippen molar-refractivity contribution in [3.63, 3.8) is 0 Å². The minimum atomic E-state index is -0.282. The van der Waals surface area contributed by atoms with Crippen molar-refractivity contribution in [3.05, 3.63) is 17.0 Å². The van der Waals surface area contributed by atoms with Crippen molar-refractivity contribution in [2.75, 3.05) is 18.0 Å². The van der Waals surface area contributed by atoms with Crippen LogP contribution in [0.15, 0.2) is 6.33 Å². The fourth-order valence-electron chi connectivity index (χ4n) is 2.33. The molecule has 1 aromatic heterocycles. The summed E-state index contributed by atoms with van der Waals surface area (Å²) < 4.78 is 5.82. The van der Waals surface area contributed by atoms with Gasteiger partial charge in [0.2, 0.25) is 0 Å². The zero-order valence-electron chi connectivity index (χ0n) is 10.7. The molecule has 0 amide bonds. The number of rotatable bonds is 2. The van der Waals surface area contributed by atoms with Crippen molar-refractivity contribution < 1.29 is 9.53 Å². The summed E-state index contributed by atoms with van der Waals surface area (Å²) in [6.07, 6.45) is 2.14. The van der Waals surface area contributed by atoms with Crippen LogP contribution >= 0.6 is 11.6 Å². The molecule has 98 valence electrons. The topological polar surface area (TPSA) is 55.3 Å². The fourth-order valence-corrected chi connectivity index (χ4v) is 2.51. The Morgan fingerprint density at radius 3 is 2.89 bits per heavy atom. The molecule has 18 heavy (non-hydrogen) atoms. The molecular formula is C12H16ClN3O2. The number of aldehydes is 1. The van der Waals surface area contributed by atoms with Gasteiger partial charge in [0, 0.05) is 13.1 Å². The maximum absolute atomic E-state index is 11.1. The molecule has 0 bridgehead atoms.